The molecule has 0 amide bonds. The van der Waals surface area contributed by atoms with Gasteiger partial charge in [0.25, 0.3) is 0 Å². The van der Waals surface area contributed by atoms with E-state index in [0.29, 0.717) is 10.9 Å². The number of hydrogen-bond acceptors (Lipinski definition) is 3. The van der Waals surface area contributed by atoms with Gasteiger partial charge in [0.15, 0.2) is 0 Å². The molecule has 0 aliphatic rings. The molecule has 0 fully saturated rings. The van der Waals surface area contributed by atoms with Crippen LogP contribution in [0, 0.1) is 0 Å². The molecule has 2 rings (SSSR count). The van der Waals surface area contributed by atoms with Crippen LogP contribution in [-0.4, -0.2) is 24.8 Å². The zero-order valence-corrected chi connectivity index (χ0v) is 13.6. The zero-order chi connectivity index (χ0) is 14.6. The first-order chi connectivity index (χ1) is 9.54. The maximum atomic E-state index is 12.5. The summed E-state index contributed by atoms with van der Waals surface area (Å²) in [5, 5.41) is 1.52. The van der Waals surface area contributed by atoms with Crippen molar-refractivity contribution in [1.82, 2.24) is 9.71 Å². The summed E-state index contributed by atoms with van der Waals surface area (Å²) in [6.45, 7) is 1.88. The second-order valence-electron chi connectivity index (χ2n) is 4.68. The number of nitrogens with zero attached hydrogens (tertiary/aromatic N) is 1. The van der Waals surface area contributed by atoms with Gasteiger partial charge in [0.05, 0.1) is 10.4 Å². The third kappa shape index (κ3) is 3.56. The van der Waals surface area contributed by atoms with E-state index in [1.54, 1.807) is 30.5 Å². The number of fused-ring (bicyclic) bond motifs is 1. The van der Waals surface area contributed by atoms with E-state index in [2.05, 4.69) is 25.6 Å². The van der Waals surface area contributed by atoms with Crippen molar-refractivity contribution in [2.24, 2.45) is 0 Å². The van der Waals surface area contributed by atoms with Gasteiger partial charge in [-0.25, -0.2) is 13.1 Å². The Balaban J connectivity index is 2.32. The van der Waals surface area contributed by atoms with Gasteiger partial charge in [0.2, 0.25) is 10.0 Å². The van der Waals surface area contributed by atoms with E-state index in [4.69, 9.17) is 0 Å². The van der Waals surface area contributed by atoms with Gasteiger partial charge in [0, 0.05) is 23.0 Å². The summed E-state index contributed by atoms with van der Waals surface area (Å²) in [6.07, 6.45) is 3.39. The van der Waals surface area contributed by atoms with Crippen molar-refractivity contribution in [3.8, 4) is 0 Å². The number of aromatic nitrogens is 1. The maximum absolute atomic E-state index is 12.5. The first-order valence-electron chi connectivity index (χ1n) is 6.46. The summed E-state index contributed by atoms with van der Waals surface area (Å²) in [6, 6.07) is 8.57. The molecule has 1 atom stereocenters. The Morgan fingerprint density at radius 3 is 2.85 bits per heavy atom. The fourth-order valence-corrected chi connectivity index (χ4v) is 3.90. The summed E-state index contributed by atoms with van der Waals surface area (Å²) < 4.78 is 27.7. The molecule has 0 saturated carbocycles. The smallest absolute Gasteiger partial charge is 0.241 e. The molecule has 108 valence electrons. The average Bonchev–Trinajstić information content (AvgIpc) is 2.44. The Morgan fingerprint density at radius 2 is 2.10 bits per heavy atom. The van der Waals surface area contributed by atoms with Gasteiger partial charge in [-0.2, -0.15) is 0 Å². The fourth-order valence-electron chi connectivity index (χ4n) is 2.08. The zero-order valence-electron chi connectivity index (χ0n) is 11.2. The van der Waals surface area contributed by atoms with Crippen LogP contribution in [0.15, 0.2) is 41.4 Å². The van der Waals surface area contributed by atoms with Crippen LogP contribution < -0.4 is 4.72 Å². The van der Waals surface area contributed by atoms with Crippen molar-refractivity contribution >= 4 is 36.9 Å². The van der Waals surface area contributed by atoms with Crippen LogP contribution in [0.1, 0.15) is 19.8 Å². The minimum atomic E-state index is -3.52. The molecule has 0 radical (unpaired) electrons. The number of benzene rings is 1. The van der Waals surface area contributed by atoms with Gasteiger partial charge in [-0.3, -0.25) is 4.98 Å². The molecule has 4 nitrogen and oxygen atoms in total. The molecule has 1 unspecified atom stereocenters. The molecule has 0 saturated heterocycles. The molecule has 1 heterocycles. The van der Waals surface area contributed by atoms with E-state index in [0.717, 1.165) is 18.2 Å². The van der Waals surface area contributed by atoms with Crippen LogP contribution in [0.5, 0.6) is 0 Å². The highest BCUT2D eigenvalue weighted by Crippen LogP contribution is 2.21. The first kappa shape index (κ1) is 15.4. The highest BCUT2D eigenvalue weighted by atomic mass is 79.9. The summed E-state index contributed by atoms with van der Waals surface area (Å²) in [4.78, 5) is 4.47. The fraction of sp³-hybridized carbons (Fsp3) is 0.357. The number of pyridine rings is 1. The van der Waals surface area contributed by atoms with Gasteiger partial charge >= 0.3 is 0 Å². The topological polar surface area (TPSA) is 59.1 Å². The van der Waals surface area contributed by atoms with E-state index in [9.17, 15) is 8.42 Å². The molecule has 2 aromatic rings. The Hall–Kier alpha value is -0.980. The molecule has 1 N–H and O–H groups in total. The highest BCUT2D eigenvalue weighted by molar-refractivity contribution is 9.09. The molecule has 0 aliphatic heterocycles. The highest BCUT2D eigenvalue weighted by Gasteiger charge is 2.19. The number of sulfonamides is 1. The number of nitrogens with one attached hydrogen (secondary N) is 1. The Labute approximate surface area is 127 Å². The Bertz CT molecular complexity index is 683. The second-order valence-corrected chi connectivity index (χ2v) is 7.16. The van der Waals surface area contributed by atoms with Gasteiger partial charge in [-0.15, -0.1) is 0 Å². The van der Waals surface area contributed by atoms with Gasteiger partial charge in [-0.1, -0.05) is 22.0 Å². The van der Waals surface area contributed by atoms with Crippen LogP contribution >= 0.6 is 15.9 Å². The SMILES string of the molecule is CC(CCCBr)NS(=O)(=O)c1cccc2ncccc12. The third-order valence-corrected chi connectivity index (χ3v) is 5.23. The normalized spacial score (nSPS) is 13.5. The van der Waals surface area contributed by atoms with Crippen molar-refractivity contribution in [2.75, 3.05) is 5.33 Å². The monoisotopic (exact) mass is 356 g/mol. The van der Waals surface area contributed by atoms with E-state index in [1.807, 2.05) is 13.0 Å². The first-order valence-corrected chi connectivity index (χ1v) is 9.07. The minimum Gasteiger partial charge on any atom is -0.256 e. The van der Waals surface area contributed by atoms with Crippen molar-refractivity contribution < 1.29 is 8.42 Å². The van der Waals surface area contributed by atoms with Crippen molar-refractivity contribution in [2.45, 2.75) is 30.7 Å². The van der Waals surface area contributed by atoms with Crippen LogP contribution in [0.2, 0.25) is 0 Å². The molecule has 0 bridgehead atoms. The quantitative estimate of drug-likeness (QED) is 0.809. The molecule has 0 spiro atoms. The predicted octanol–water partition coefficient (Wildman–Crippen LogP) is 3.08. The largest absolute Gasteiger partial charge is 0.256 e. The minimum absolute atomic E-state index is 0.0931. The summed E-state index contributed by atoms with van der Waals surface area (Å²) in [5.74, 6) is 0. The van der Waals surface area contributed by atoms with Crippen LogP contribution in [0.3, 0.4) is 0 Å². The van der Waals surface area contributed by atoms with Crippen LogP contribution in [0.4, 0.5) is 0 Å². The predicted molar refractivity (Wildman–Crippen MR) is 84.6 cm³/mol. The molecule has 1 aromatic heterocycles. The van der Waals surface area contributed by atoms with E-state index >= 15 is 0 Å². The molecular weight excluding hydrogens is 340 g/mol. The summed E-state index contributed by atoms with van der Waals surface area (Å²) >= 11 is 3.35. The number of alkyl halides is 1. The van der Waals surface area contributed by atoms with Crippen molar-refractivity contribution in [3.63, 3.8) is 0 Å². The average molecular weight is 357 g/mol. The lowest BCUT2D eigenvalue weighted by Crippen LogP contribution is -2.32. The lowest BCUT2D eigenvalue weighted by molar-refractivity contribution is 0.546. The van der Waals surface area contributed by atoms with Gasteiger partial charge < -0.3 is 0 Å². The van der Waals surface area contributed by atoms with Crippen molar-refractivity contribution in [3.05, 3.63) is 36.5 Å². The molecule has 0 aliphatic carbocycles. The third-order valence-electron chi connectivity index (χ3n) is 3.02. The standard InChI is InChI=1S/C14H17BrN2O2S/c1-11(5-3-9-15)17-20(18,19)14-8-2-7-13-12(14)6-4-10-16-13/h2,4,6-8,10-11,17H,3,5,9H2,1H3. The number of halogens is 1. The summed E-state index contributed by atoms with van der Waals surface area (Å²) in [5.41, 5.74) is 0.684. The van der Waals surface area contributed by atoms with Crippen molar-refractivity contribution in [1.29, 1.82) is 0 Å². The van der Waals surface area contributed by atoms with E-state index < -0.39 is 10.0 Å². The molecule has 6 heteroatoms. The lowest BCUT2D eigenvalue weighted by atomic mass is 10.2. The van der Waals surface area contributed by atoms with Gasteiger partial charge in [0.1, 0.15) is 0 Å². The maximum Gasteiger partial charge on any atom is 0.241 e. The van der Waals surface area contributed by atoms with Crippen LogP contribution in [0.25, 0.3) is 10.9 Å². The number of rotatable bonds is 6. The Kier molecular flexibility index (Phi) is 5.12. The molecular formula is C14H17BrN2O2S. The Morgan fingerprint density at radius 1 is 1.30 bits per heavy atom. The molecule has 1 aromatic carbocycles. The summed E-state index contributed by atoms with van der Waals surface area (Å²) in [7, 11) is -3.52. The van der Waals surface area contributed by atoms with Gasteiger partial charge in [-0.05, 0) is 44.0 Å². The molecule has 20 heavy (non-hydrogen) atoms. The van der Waals surface area contributed by atoms with E-state index in [1.165, 1.54) is 0 Å². The van der Waals surface area contributed by atoms with E-state index in [-0.39, 0.29) is 10.9 Å². The second kappa shape index (κ2) is 6.65. The number of hydrogen-bond donors (Lipinski definition) is 1. The van der Waals surface area contributed by atoms with Crippen LogP contribution in [-0.2, 0) is 10.0 Å². The lowest BCUT2D eigenvalue weighted by Gasteiger charge is -2.14.